The van der Waals surface area contributed by atoms with Crippen LogP contribution in [0.15, 0.2) is 22.8 Å². The van der Waals surface area contributed by atoms with Gasteiger partial charge < -0.3 is 10.1 Å². The molecule has 1 aliphatic heterocycles. The number of carboxylic acids is 1. The molecule has 2 aromatic rings. The molecule has 0 aliphatic carbocycles. The zero-order valence-electron chi connectivity index (χ0n) is 12.9. The molecule has 2 heterocycles. The summed E-state index contributed by atoms with van der Waals surface area (Å²) in [6.07, 6.45) is 3.24. The number of hydrogen-bond donors (Lipinski definition) is 4. The normalized spacial score (nSPS) is 28.7. The monoisotopic (exact) mass is 401 g/mol. The standard InChI is InChI=1S/C16H20BrNO4S/c1-8-3-10(4-9(2)23(8,21)22)14-7-18-15-12(14)5-11(17)6-13(15)16(19)20/h5-10,18,21-22H,3-4H2,1-2H3,(H,19,20). The molecule has 1 aromatic heterocycles. The predicted molar refractivity (Wildman–Crippen MR) is 96.7 cm³/mol. The van der Waals surface area contributed by atoms with E-state index >= 15 is 0 Å². The summed E-state index contributed by atoms with van der Waals surface area (Å²) < 4.78 is 21.2. The molecule has 2 atom stereocenters. The molecular weight excluding hydrogens is 382 g/mol. The Morgan fingerprint density at radius 2 is 1.87 bits per heavy atom. The lowest BCUT2D eigenvalue weighted by Crippen LogP contribution is -2.32. The number of aromatic carboxylic acids is 1. The van der Waals surface area contributed by atoms with E-state index in [0.29, 0.717) is 18.4 Å². The number of carbonyl (C=O) groups is 1. The van der Waals surface area contributed by atoms with Gasteiger partial charge in [-0.3, -0.25) is 9.11 Å². The van der Waals surface area contributed by atoms with Gasteiger partial charge in [0, 0.05) is 26.6 Å². The van der Waals surface area contributed by atoms with Crippen LogP contribution in [0.2, 0.25) is 0 Å². The molecule has 1 fully saturated rings. The first kappa shape index (κ1) is 16.8. The Hall–Kier alpha value is -1.02. The Balaban J connectivity index is 2.06. The highest BCUT2D eigenvalue weighted by Crippen LogP contribution is 2.58. The number of benzene rings is 1. The second-order valence-electron chi connectivity index (χ2n) is 6.35. The quantitative estimate of drug-likeness (QED) is 0.567. The van der Waals surface area contributed by atoms with Gasteiger partial charge in [0.2, 0.25) is 0 Å². The number of nitrogens with one attached hydrogen (secondary N) is 1. The first-order valence-electron chi connectivity index (χ1n) is 7.51. The Labute approximate surface area is 144 Å². The van der Waals surface area contributed by atoms with Crippen molar-refractivity contribution in [3.8, 4) is 0 Å². The summed E-state index contributed by atoms with van der Waals surface area (Å²) >= 11 is 3.38. The van der Waals surface area contributed by atoms with Crippen molar-refractivity contribution < 1.29 is 19.0 Å². The summed E-state index contributed by atoms with van der Waals surface area (Å²) in [5.41, 5.74) is 1.91. The summed E-state index contributed by atoms with van der Waals surface area (Å²) in [6.45, 7) is 3.76. The van der Waals surface area contributed by atoms with Crippen LogP contribution in [-0.2, 0) is 0 Å². The summed E-state index contributed by atoms with van der Waals surface area (Å²) in [5.74, 6) is -0.783. The van der Waals surface area contributed by atoms with E-state index in [0.717, 1.165) is 15.4 Å². The van der Waals surface area contributed by atoms with E-state index in [1.807, 2.05) is 26.1 Å². The van der Waals surface area contributed by atoms with Crippen molar-refractivity contribution >= 4 is 43.4 Å². The lowest BCUT2D eigenvalue weighted by atomic mass is 9.89. The fraction of sp³-hybridized carbons (Fsp3) is 0.438. The highest BCUT2D eigenvalue weighted by atomic mass is 79.9. The first-order chi connectivity index (χ1) is 10.7. The Bertz CT molecular complexity index is 759. The van der Waals surface area contributed by atoms with Crippen molar-refractivity contribution in [1.82, 2.24) is 4.98 Å². The van der Waals surface area contributed by atoms with E-state index in [1.54, 1.807) is 6.07 Å². The summed E-state index contributed by atoms with van der Waals surface area (Å²) in [5, 5.41) is 9.94. The number of rotatable bonds is 2. The van der Waals surface area contributed by atoms with E-state index in [1.165, 1.54) is 0 Å². The van der Waals surface area contributed by atoms with Gasteiger partial charge in [-0.1, -0.05) is 15.9 Å². The maximum atomic E-state index is 11.4. The van der Waals surface area contributed by atoms with Crippen LogP contribution in [0.3, 0.4) is 0 Å². The van der Waals surface area contributed by atoms with Crippen molar-refractivity contribution in [1.29, 1.82) is 0 Å². The molecule has 7 heteroatoms. The minimum absolute atomic E-state index is 0.160. The van der Waals surface area contributed by atoms with Gasteiger partial charge in [0.25, 0.3) is 0 Å². The molecule has 0 spiro atoms. The molecule has 0 saturated carbocycles. The second-order valence-corrected chi connectivity index (χ2v) is 10.2. The summed E-state index contributed by atoms with van der Waals surface area (Å²) in [7, 11) is -2.56. The summed E-state index contributed by atoms with van der Waals surface area (Å²) in [6, 6.07) is 3.52. The van der Waals surface area contributed by atoms with Gasteiger partial charge in [0.05, 0.1) is 11.1 Å². The number of aromatic nitrogens is 1. The number of H-pyrrole nitrogens is 1. The molecule has 1 aliphatic rings. The third-order valence-electron chi connectivity index (χ3n) is 4.87. The van der Waals surface area contributed by atoms with Crippen LogP contribution in [0, 0.1) is 0 Å². The molecule has 1 saturated heterocycles. The Morgan fingerprint density at radius 3 is 2.43 bits per heavy atom. The average molecular weight is 402 g/mol. The van der Waals surface area contributed by atoms with E-state index in [4.69, 9.17) is 0 Å². The van der Waals surface area contributed by atoms with Crippen LogP contribution in [-0.4, -0.2) is 35.7 Å². The molecule has 23 heavy (non-hydrogen) atoms. The van der Waals surface area contributed by atoms with E-state index < -0.39 is 16.6 Å². The zero-order chi connectivity index (χ0) is 16.9. The fourth-order valence-electron chi connectivity index (χ4n) is 3.56. The van der Waals surface area contributed by atoms with E-state index in [2.05, 4.69) is 20.9 Å². The second kappa shape index (κ2) is 5.81. The van der Waals surface area contributed by atoms with Crippen molar-refractivity contribution in [2.24, 2.45) is 0 Å². The molecule has 0 radical (unpaired) electrons. The van der Waals surface area contributed by atoms with Gasteiger partial charge in [-0.05, 0) is 50.3 Å². The van der Waals surface area contributed by atoms with Gasteiger partial charge in [-0.15, -0.1) is 0 Å². The largest absolute Gasteiger partial charge is 0.478 e. The summed E-state index contributed by atoms with van der Waals surface area (Å²) in [4.78, 5) is 14.5. The molecule has 0 amide bonds. The van der Waals surface area contributed by atoms with Crippen molar-refractivity contribution in [2.75, 3.05) is 0 Å². The van der Waals surface area contributed by atoms with Gasteiger partial charge in [0.1, 0.15) is 0 Å². The first-order valence-corrected chi connectivity index (χ1v) is 9.98. The van der Waals surface area contributed by atoms with Crippen LogP contribution in [0.25, 0.3) is 10.9 Å². The molecule has 4 N–H and O–H groups in total. The van der Waals surface area contributed by atoms with Gasteiger partial charge in [-0.2, -0.15) is 10.6 Å². The number of aromatic amines is 1. The Kier molecular flexibility index (Phi) is 4.25. The SMILES string of the molecule is CC1CC(c2c[nH]c3c(C(=O)O)cc(Br)cc23)CC(C)S1(O)O. The average Bonchev–Trinajstić information content (AvgIpc) is 2.87. The van der Waals surface area contributed by atoms with E-state index in [9.17, 15) is 19.0 Å². The van der Waals surface area contributed by atoms with Crippen LogP contribution >= 0.6 is 26.5 Å². The molecule has 0 bridgehead atoms. The number of hydrogen-bond acceptors (Lipinski definition) is 3. The molecule has 3 rings (SSSR count). The minimum Gasteiger partial charge on any atom is -0.478 e. The molecular formula is C16H20BrNO4S. The maximum Gasteiger partial charge on any atom is 0.337 e. The van der Waals surface area contributed by atoms with Crippen LogP contribution < -0.4 is 0 Å². The lowest BCUT2D eigenvalue weighted by Gasteiger charge is -2.49. The van der Waals surface area contributed by atoms with E-state index in [-0.39, 0.29) is 22.0 Å². The third-order valence-corrected chi connectivity index (χ3v) is 8.09. The third kappa shape index (κ3) is 2.80. The Morgan fingerprint density at radius 1 is 1.26 bits per heavy atom. The minimum atomic E-state index is -2.56. The van der Waals surface area contributed by atoms with Gasteiger partial charge in [-0.25, -0.2) is 4.79 Å². The van der Waals surface area contributed by atoms with Crippen LogP contribution in [0.4, 0.5) is 0 Å². The topological polar surface area (TPSA) is 93.6 Å². The highest BCUT2D eigenvalue weighted by Gasteiger charge is 2.38. The lowest BCUT2D eigenvalue weighted by molar-refractivity contribution is 0.0698. The number of carboxylic acid groups (broad SMARTS) is 1. The van der Waals surface area contributed by atoms with Gasteiger partial charge >= 0.3 is 5.97 Å². The zero-order valence-corrected chi connectivity index (χ0v) is 15.3. The predicted octanol–water partition coefficient (Wildman–Crippen LogP) is 5.03. The molecule has 2 unspecified atom stereocenters. The fourth-order valence-corrected chi connectivity index (χ4v) is 5.84. The van der Waals surface area contributed by atoms with Crippen molar-refractivity contribution in [3.63, 3.8) is 0 Å². The molecule has 5 nitrogen and oxygen atoms in total. The van der Waals surface area contributed by atoms with Crippen molar-refractivity contribution in [3.05, 3.63) is 33.9 Å². The maximum absolute atomic E-state index is 11.4. The smallest absolute Gasteiger partial charge is 0.337 e. The van der Waals surface area contributed by atoms with Crippen LogP contribution in [0.1, 0.15) is 48.5 Å². The highest BCUT2D eigenvalue weighted by molar-refractivity contribution is 9.10. The van der Waals surface area contributed by atoms with Gasteiger partial charge in [0.15, 0.2) is 0 Å². The van der Waals surface area contributed by atoms with Crippen molar-refractivity contribution in [2.45, 2.75) is 43.1 Å². The molecule has 126 valence electrons. The molecule has 1 aromatic carbocycles. The number of halogens is 1. The van der Waals surface area contributed by atoms with Crippen LogP contribution in [0.5, 0.6) is 0 Å². The number of fused-ring (bicyclic) bond motifs is 1.